The number of nitrogens with zero attached hydrogens (tertiary/aromatic N) is 2. The molecule has 4 rings (SSSR count). The molecule has 2 aromatic carbocycles. The lowest BCUT2D eigenvalue weighted by Crippen LogP contribution is -2.28. The van der Waals surface area contributed by atoms with E-state index in [-0.39, 0.29) is 29.7 Å². The summed E-state index contributed by atoms with van der Waals surface area (Å²) in [6.45, 7) is 3.02. The van der Waals surface area contributed by atoms with Crippen molar-refractivity contribution in [1.29, 1.82) is 0 Å². The van der Waals surface area contributed by atoms with E-state index in [1.165, 1.54) is 11.6 Å². The van der Waals surface area contributed by atoms with Crippen LogP contribution in [0.25, 0.3) is 0 Å². The zero-order chi connectivity index (χ0) is 23.2. The van der Waals surface area contributed by atoms with E-state index in [9.17, 15) is 14.4 Å². The maximum absolute atomic E-state index is 12.8. The van der Waals surface area contributed by atoms with Gasteiger partial charge < -0.3 is 14.8 Å². The molecule has 2 amide bonds. The number of aromatic nitrogens is 1. The van der Waals surface area contributed by atoms with Crippen LogP contribution in [0.3, 0.4) is 0 Å². The molecular formula is C27H29N3O3. The number of rotatable bonds is 8. The third kappa shape index (κ3) is 5.58. The Bertz CT molecular complexity index is 1170. The standard InChI is InChI=1S/C27H29N3O3/c1-2-3-6-20-10-14-24(15-11-20)30-19-22(17-26(30)32)27(33)28-23-12-8-21(9-13-23)18-29-16-5-4-7-25(29)31/h4-5,7-16,22H,2-3,6,17-19H2,1H3,(H,28,33)/t22-/m1/s1. The first-order valence-electron chi connectivity index (χ1n) is 11.5. The van der Waals surface area contributed by atoms with Crippen molar-refractivity contribution in [2.24, 2.45) is 5.92 Å². The number of nitrogens with one attached hydrogen (secondary N) is 1. The molecule has 1 N–H and O–H groups in total. The van der Waals surface area contributed by atoms with Gasteiger partial charge in [0.25, 0.3) is 5.56 Å². The van der Waals surface area contributed by atoms with E-state index in [1.54, 1.807) is 21.7 Å². The molecule has 6 nitrogen and oxygen atoms in total. The van der Waals surface area contributed by atoms with Crippen LogP contribution in [0.15, 0.2) is 77.7 Å². The Balaban J connectivity index is 1.34. The lowest BCUT2D eigenvalue weighted by atomic mass is 10.1. The topological polar surface area (TPSA) is 71.4 Å². The van der Waals surface area contributed by atoms with Gasteiger partial charge in [-0.25, -0.2) is 0 Å². The summed E-state index contributed by atoms with van der Waals surface area (Å²) in [6.07, 6.45) is 5.30. The SMILES string of the molecule is CCCCc1ccc(N2C[C@H](C(=O)Nc3ccc(Cn4ccccc4=O)cc3)CC2=O)cc1. The number of pyridine rings is 1. The number of carbonyl (C=O) groups excluding carboxylic acids is 2. The van der Waals surface area contributed by atoms with Crippen molar-refractivity contribution in [2.75, 3.05) is 16.8 Å². The van der Waals surface area contributed by atoms with Crippen molar-refractivity contribution in [3.8, 4) is 0 Å². The number of carbonyl (C=O) groups is 2. The van der Waals surface area contributed by atoms with Gasteiger partial charge >= 0.3 is 0 Å². The highest BCUT2D eigenvalue weighted by Crippen LogP contribution is 2.26. The third-order valence-electron chi connectivity index (χ3n) is 6.04. The Hall–Kier alpha value is -3.67. The zero-order valence-electron chi connectivity index (χ0n) is 18.9. The van der Waals surface area contributed by atoms with Crippen molar-refractivity contribution in [3.63, 3.8) is 0 Å². The molecule has 0 aliphatic carbocycles. The molecule has 1 aromatic heterocycles. The van der Waals surface area contributed by atoms with Crippen molar-refractivity contribution >= 4 is 23.2 Å². The van der Waals surface area contributed by atoms with Crippen LogP contribution < -0.4 is 15.8 Å². The monoisotopic (exact) mass is 443 g/mol. The predicted molar refractivity (Wildman–Crippen MR) is 130 cm³/mol. The molecule has 0 saturated carbocycles. The first kappa shape index (κ1) is 22.5. The van der Waals surface area contributed by atoms with E-state index in [2.05, 4.69) is 24.4 Å². The molecule has 170 valence electrons. The fraction of sp³-hybridized carbons (Fsp3) is 0.296. The van der Waals surface area contributed by atoms with Gasteiger partial charge in [-0.2, -0.15) is 0 Å². The molecule has 0 bridgehead atoms. The third-order valence-corrected chi connectivity index (χ3v) is 6.04. The van der Waals surface area contributed by atoms with Gasteiger partial charge in [-0.1, -0.05) is 43.7 Å². The molecule has 1 fully saturated rings. The van der Waals surface area contributed by atoms with E-state index in [1.807, 2.05) is 42.5 Å². The van der Waals surface area contributed by atoms with Crippen LogP contribution in [0.5, 0.6) is 0 Å². The van der Waals surface area contributed by atoms with Crippen LogP contribution in [0.2, 0.25) is 0 Å². The van der Waals surface area contributed by atoms with Crippen LogP contribution in [0, 0.1) is 5.92 Å². The molecular weight excluding hydrogens is 414 g/mol. The van der Waals surface area contributed by atoms with E-state index in [4.69, 9.17) is 0 Å². The molecule has 0 radical (unpaired) electrons. The number of unbranched alkanes of at least 4 members (excludes halogenated alkanes) is 1. The fourth-order valence-electron chi connectivity index (χ4n) is 4.08. The van der Waals surface area contributed by atoms with Crippen molar-refractivity contribution in [2.45, 2.75) is 39.2 Å². The number of hydrogen-bond acceptors (Lipinski definition) is 3. The summed E-state index contributed by atoms with van der Waals surface area (Å²) < 4.78 is 1.63. The number of amides is 2. The Morgan fingerprint density at radius 3 is 2.39 bits per heavy atom. The van der Waals surface area contributed by atoms with Crippen LogP contribution in [-0.4, -0.2) is 22.9 Å². The first-order valence-corrected chi connectivity index (χ1v) is 11.5. The molecule has 6 heteroatoms. The Labute approximate surface area is 193 Å². The van der Waals surface area contributed by atoms with Gasteiger partial charge in [-0.05, 0) is 54.3 Å². The second-order valence-corrected chi connectivity index (χ2v) is 8.53. The molecule has 1 saturated heterocycles. The average molecular weight is 444 g/mol. The minimum atomic E-state index is -0.389. The maximum atomic E-state index is 12.8. The Morgan fingerprint density at radius 2 is 1.70 bits per heavy atom. The molecule has 1 aliphatic rings. The van der Waals surface area contributed by atoms with E-state index < -0.39 is 0 Å². The summed E-state index contributed by atoms with van der Waals surface area (Å²) in [5.74, 6) is -0.572. The molecule has 33 heavy (non-hydrogen) atoms. The fourth-order valence-corrected chi connectivity index (χ4v) is 4.08. The minimum absolute atomic E-state index is 0.0277. The smallest absolute Gasteiger partial charge is 0.250 e. The first-order chi connectivity index (χ1) is 16.0. The van der Waals surface area contributed by atoms with E-state index in [0.29, 0.717) is 18.8 Å². The minimum Gasteiger partial charge on any atom is -0.326 e. The summed E-state index contributed by atoms with van der Waals surface area (Å²) in [4.78, 5) is 38.9. The predicted octanol–water partition coefficient (Wildman–Crippen LogP) is 4.23. The second kappa shape index (κ2) is 10.3. The zero-order valence-corrected chi connectivity index (χ0v) is 18.9. The molecule has 1 atom stereocenters. The summed E-state index contributed by atoms with van der Waals surface area (Å²) in [5.41, 5.74) is 3.69. The highest BCUT2D eigenvalue weighted by molar-refractivity contribution is 6.03. The van der Waals surface area contributed by atoms with Crippen LogP contribution in [-0.2, 0) is 22.6 Å². The van der Waals surface area contributed by atoms with Gasteiger partial charge in [0.1, 0.15) is 0 Å². The molecule has 2 heterocycles. The van der Waals surface area contributed by atoms with Crippen molar-refractivity contribution in [3.05, 3.63) is 94.4 Å². The van der Waals surface area contributed by atoms with Crippen LogP contribution in [0.1, 0.15) is 37.3 Å². The summed E-state index contributed by atoms with van der Waals surface area (Å²) in [7, 11) is 0. The quantitative estimate of drug-likeness (QED) is 0.566. The highest BCUT2D eigenvalue weighted by Gasteiger charge is 2.35. The van der Waals surface area contributed by atoms with Crippen molar-refractivity contribution < 1.29 is 9.59 Å². The van der Waals surface area contributed by atoms with E-state index >= 15 is 0 Å². The Morgan fingerprint density at radius 1 is 0.970 bits per heavy atom. The molecule has 0 spiro atoms. The number of benzene rings is 2. The van der Waals surface area contributed by atoms with Crippen LogP contribution in [0.4, 0.5) is 11.4 Å². The number of aryl methyl sites for hydroxylation is 1. The van der Waals surface area contributed by atoms with Gasteiger partial charge in [0.2, 0.25) is 11.8 Å². The van der Waals surface area contributed by atoms with Gasteiger partial charge in [0.15, 0.2) is 0 Å². The Kier molecular flexibility index (Phi) is 7.03. The molecule has 1 aliphatic heterocycles. The summed E-state index contributed by atoms with van der Waals surface area (Å²) in [5, 5.41) is 2.92. The normalized spacial score (nSPS) is 15.6. The van der Waals surface area contributed by atoms with Gasteiger partial charge in [0, 0.05) is 36.6 Å². The van der Waals surface area contributed by atoms with Crippen LogP contribution >= 0.6 is 0 Å². The molecule has 0 unspecified atom stereocenters. The lowest BCUT2D eigenvalue weighted by molar-refractivity contribution is -0.122. The van der Waals surface area contributed by atoms with Gasteiger partial charge in [0.05, 0.1) is 12.5 Å². The van der Waals surface area contributed by atoms with Gasteiger partial charge in [-0.3, -0.25) is 14.4 Å². The number of hydrogen-bond donors (Lipinski definition) is 1. The average Bonchev–Trinajstić information content (AvgIpc) is 3.22. The highest BCUT2D eigenvalue weighted by atomic mass is 16.2. The molecule has 3 aromatic rings. The summed E-state index contributed by atoms with van der Waals surface area (Å²) >= 11 is 0. The summed E-state index contributed by atoms with van der Waals surface area (Å²) in [6, 6.07) is 20.6. The second-order valence-electron chi connectivity index (χ2n) is 8.53. The number of anilines is 2. The largest absolute Gasteiger partial charge is 0.326 e. The van der Waals surface area contributed by atoms with E-state index in [0.717, 1.165) is 30.5 Å². The lowest BCUT2D eigenvalue weighted by Gasteiger charge is -2.17. The van der Waals surface area contributed by atoms with Crippen molar-refractivity contribution in [1.82, 2.24) is 4.57 Å². The maximum Gasteiger partial charge on any atom is 0.250 e. The van der Waals surface area contributed by atoms with Gasteiger partial charge in [-0.15, -0.1) is 0 Å².